The molecule has 2 unspecified atom stereocenters. The van der Waals surface area contributed by atoms with Crippen LogP contribution in [0, 0.1) is 0 Å². The van der Waals surface area contributed by atoms with Gasteiger partial charge in [0.25, 0.3) is 0 Å². The Hall–Kier alpha value is -1.66. The van der Waals surface area contributed by atoms with E-state index in [1.165, 1.54) is 161 Å². The van der Waals surface area contributed by atoms with Crippen molar-refractivity contribution in [1.82, 2.24) is 5.32 Å². The summed E-state index contributed by atoms with van der Waals surface area (Å²) in [6.07, 6.45) is 53.2. The molecule has 3 N–H and O–H groups in total. The van der Waals surface area contributed by atoms with Gasteiger partial charge >= 0.3 is 5.97 Å². The number of hydrogen-bond donors (Lipinski definition) is 3. The molecule has 0 spiro atoms. The molecule has 0 fully saturated rings. The van der Waals surface area contributed by atoms with Gasteiger partial charge in [0.05, 0.1) is 25.4 Å². The molecule has 0 aromatic carbocycles. The van der Waals surface area contributed by atoms with Gasteiger partial charge in [-0.2, -0.15) is 0 Å². The van der Waals surface area contributed by atoms with Gasteiger partial charge < -0.3 is 20.3 Å². The lowest BCUT2D eigenvalue weighted by atomic mass is 10.0. The molecule has 56 heavy (non-hydrogen) atoms. The van der Waals surface area contributed by atoms with Crippen molar-refractivity contribution in [3.8, 4) is 0 Å². The van der Waals surface area contributed by atoms with E-state index in [2.05, 4.69) is 31.3 Å². The van der Waals surface area contributed by atoms with Gasteiger partial charge in [-0.15, -0.1) is 0 Å². The zero-order valence-electron chi connectivity index (χ0n) is 37.4. The Morgan fingerprint density at radius 3 is 1.30 bits per heavy atom. The lowest BCUT2D eigenvalue weighted by molar-refractivity contribution is -0.143. The summed E-state index contributed by atoms with van der Waals surface area (Å²) in [5.41, 5.74) is 0. The Morgan fingerprint density at radius 1 is 0.482 bits per heavy atom. The molecular weight excluding hydrogens is 695 g/mol. The number of aliphatic hydroxyl groups is 2. The first-order valence-corrected chi connectivity index (χ1v) is 24.6. The van der Waals surface area contributed by atoms with E-state index in [0.717, 1.165) is 70.6 Å². The first kappa shape index (κ1) is 54.3. The molecule has 0 aromatic heterocycles. The fourth-order valence-corrected chi connectivity index (χ4v) is 7.40. The Labute approximate surface area is 348 Å². The maximum atomic E-state index is 12.4. The summed E-state index contributed by atoms with van der Waals surface area (Å²) in [7, 11) is 0. The average molecular weight is 790 g/mol. The highest BCUT2D eigenvalue weighted by Gasteiger charge is 2.17. The Balaban J connectivity index is 3.58. The largest absolute Gasteiger partial charge is 0.466 e. The van der Waals surface area contributed by atoms with E-state index < -0.39 is 12.1 Å². The summed E-state index contributed by atoms with van der Waals surface area (Å²) in [4.78, 5) is 24.4. The van der Waals surface area contributed by atoms with Crippen LogP contribution in [0.4, 0.5) is 0 Å². The number of carbonyl (C=O) groups excluding carboxylic acids is 2. The van der Waals surface area contributed by atoms with Gasteiger partial charge in [-0.3, -0.25) is 9.59 Å². The van der Waals surface area contributed by atoms with Crippen LogP contribution in [0.15, 0.2) is 24.3 Å². The zero-order chi connectivity index (χ0) is 40.8. The maximum absolute atomic E-state index is 12.4. The SMILES string of the molecule is CCCCCCCCCCCCCCCC/C=C/C(O)C(CO)NC(=O)CCC/C=C\CCCCCCOC(=O)CCCCCCCCCCCCCCCC. The third-order valence-corrected chi connectivity index (χ3v) is 11.2. The minimum Gasteiger partial charge on any atom is -0.466 e. The molecule has 0 aliphatic rings. The Morgan fingerprint density at radius 2 is 0.857 bits per heavy atom. The number of amides is 1. The quantitative estimate of drug-likeness (QED) is 0.0324. The highest BCUT2D eigenvalue weighted by Crippen LogP contribution is 2.15. The molecule has 0 heterocycles. The van der Waals surface area contributed by atoms with Crippen molar-refractivity contribution in [3.05, 3.63) is 24.3 Å². The van der Waals surface area contributed by atoms with Crippen LogP contribution >= 0.6 is 0 Å². The number of aliphatic hydroxyl groups excluding tert-OH is 2. The second-order valence-corrected chi connectivity index (χ2v) is 16.8. The molecule has 0 aromatic rings. The molecule has 0 bridgehead atoms. The summed E-state index contributed by atoms with van der Waals surface area (Å²) in [5.74, 6) is -0.164. The van der Waals surface area contributed by atoms with Gasteiger partial charge in [-0.1, -0.05) is 218 Å². The summed E-state index contributed by atoms with van der Waals surface area (Å²) in [6.45, 7) is 4.81. The fourth-order valence-electron chi connectivity index (χ4n) is 7.40. The van der Waals surface area contributed by atoms with Crippen LogP contribution in [0.25, 0.3) is 0 Å². The molecular formula is C50H95NO5. The van der Waals surface area contributed by atoms with Gasteiger partial charge in [-0.25, -0.2) is 0 Å². The number of rotatable bonds is 45. The minimum absolute atomic E-state index is 0.0361. The topological polar surface area (TPSA) is 95.9 Å². The fraction of sp³-hybridized carbons (Fsp3) is 0.880. The van der Waals surface area contributed by atoms with Gasteiger partial charge in [0.15, 0.2) is 0 Å². The molecule has 2 atom stereocenters. The predicted molar refractivity (Wildman–Crippen MR) is 241 cm³/mol. The van der Waals surface area contributed by atoms with Gasteiger partial charge in [0.1, 0.15) is 0 Å². The van der Waals surface area contributed by atoms with E-state index in [4.69, 9.17) is 4.74 Å². The molecule has 0 aliphatic heterocycles. The summed E-state index contributed by atoms with van der Waals surface area (Å²) < 4.78 is 5.43. The van der Waals surface area contributed by atoms with E-state index in [-0.39, 0.29) is 18.5 Å². The molecule has 0 saturated heterocycles. The molecule has 0 radical (unpaired) electrons. The van der Waals surface area contributed by atoms with Crippen molar-refractivity contribution in [2.24, 2.45) is 0 Å². The van der Waals surface area contributed by atoms with Crippen LogP contribution in [0.3, 0.4) is 0 Å². The number of carbonyl (C=O) groups is 2. The lowest BCUT2D eigenvalue weighted by Crippen LogP contribution is -2.45. The summed E-state index contributed by atoms with van der Waals surface area (Å²) in [6, 6.07) is -0.664. The van der Waals surface area contributed by atoms with Crippen molar-refractivity contribution in [1.29, 1.82) is 0 Å². The number of unbranched alkanes of at least 4 members (excludes halogenated alkanes) is 32. The van der Waals surface area contributed by atoms with E-state index in [0.29, 0.717) is 19.4 Å². The summed E-state index contributed by atoms with van der Waals surface area (Å²) >= 11 is 0. The molecule has 0 saturated carbocycles. The van der Waals surface area contributed by atoms with Crippen LogP contribution < -0.4 is 5.32 Å². The third-order valence-electron chi connectivity index (χ3n) is 11.2. The smallest absolute Gasteiger partial charge is 0.305 e. The normalized spacial score (nSPS) is 12.9. The number of nitrogens with one attached hydrogen (secondary N) is 1. The van der Waals surface area contributed by atoms with Crippen LogP contribution in [0.2, 0.25) is 0 Å². The number of hydrogen-bond acceptors (Lipinski definition) is 5. The zero-order valence-corrected chi connectivity index (χ0v) is 37.4. The highest BCUT2D eigenvalue weighted by atomic mass is 16.5. The lowest BCUT2D eigenvalue weighted by Gasteiger charge is -2.19. The van der Waals surface area contributed by atoms with Crippen LogP contribution in [-0.2, 0) is 14.3 Å². The molecule has 330 valence electrons. The van der Waals surface area contributed by atoms with E-state index in [1.807, 2.05) is 6.08 Å². The van der Waals surface area contributed by atoms with Crippen LogP contribution in [0.1, 0.15) is 258 Å². The van der Waals surface area contributed by atoms with Crippen molar-refractivity contribution in [3.63, 3.8) is 0 Å². The average Bonchev–Trinajstić information content (AvgIpc) is 3.20. The maximum Gasteiger partial charge on any atom is 0.305 e. The first-order chi connectivity index (χ1) is 27.5. The van der Waals surface area contributed by atoms with E-state index in [1.54, 1.807) is 6.08 Å². The molecule has 1 amide bonds. The number of esters is 1. The Kier molecular flexibility index (Phi) is 44.7. The monoisotopic (exact) mass is 790 g/mol. The highest BCUT2D eigenvalue weighted by molar-refractivity contribution is 5.76. The number of ether oxygens (including phenoxy) is 1. The first-order valence-electron chi connectivity index (χ1n) is 24.6. The van der Waals surface area contributed by atoms with Crippen LogP contribution in [0.5, 0.6) is 0 Å². The standard InChI is InChI=1S/C50H95NO5/c1-3-5-7-9-11-13-15-17-19-20-21-23-26-30-34-38-42-48(53)47(46-52)51-49(54)43-39-35-31-27-25-29-33-37-41-45-56-50(55)44-40-36-32-28-24-22-18-16-14-12-10-8-6-4-2/h27,31,38,42,47-48,52-53H,3-26,28-30,32-37,39-41,43-46H2,1-2H3,(H,51,54)/b31-27-,42-38+. The predicted octanol–water partition coefficient (Wildman–Crippen LogP) is 14.3. The van der Waals surface area contributed by atoms with Gasteiger partial charge in [0, 0.05) is 12.8 Å². The van der Waals surface area contributed by atoms with Crippen molar-refractivity contribution in [2.75, 3.05) is 13.2 Å². The summed E-state index contributed by atoms with van der Waals surface area (Å²) in [5, 5.41) is 23.0. The Bertz CT molecular complexity index is 874. The van der Waals surface area contributed by atoms with Gasteiger partial charge in [0.2, 0.25) is 5.91 Å². The molecule has 0 aliphatic carbocycles. The van der Waals surface area contributed by atoms with Crippen molar-refractivity contribution < 1.29 is 24.5 Å². The molecule has 6 heteroatoms. The van der Waals surface area contributed by atoms with Crippen molar-refractivity contribution >= 4 is 11.9 Å². The third kappa shape index (κ3) is 42.0. The second kappa shape index (κ2) is 46.0. The van der Waals surface area contributed by atoms with E-state index in [9.17, 15) is 19.8 Å². The van der Waals surface area contributed by atoms with Gasteiger partial charge in [-0.05, 0) is 51.4 Å². The minimum atomic E-state index is -0.874. The van der Waals surface area contributed by atoms with Crippen LogP contribution in [-0.4, -0.2) is 47.4 Å². The molecule has 0 rings (SSSR count). The van der Waals surface area contributed by atoms with E-state index >= 15 is 0 Å². The second-order valence-electron chi connectivity index (χ2n) is 16.8. The number of allylic oxidation sites excluding steroid dienone is 3. The molecule has 6 nitrogen and oxygen atoms in total. The van der Waals surface area contributed by atoms with Crippen molar-refractivity contribution in [2.45, 2.75) is 270 Å².